The van der Waals surface area contributed by atoms with Crippen molar-refractivity contribution in [2.24, 2.45) is 0 Å². The first-order valence-electron chi connectivity index (χ1n) is 10.8. The number of benzene rings is 1. The monoisotopic (exact) mass is 470 g/mol. The van der Waals surface area contributed by atoms with Crippen LogP contribution in [-0.2, 0) is 22.6 Å². The number of ether oxygens (including phenoxy) is 1. The van der Waals surface area contributed by atoms with E-state index >= 15 is 0 Å². The zero-order valence-corrected chi connectivity index (χ0v) is 20.3. The fourth-order valence-corrected chi connectivity index (χ4v) is 4.96. The van der Waals surface area contributed by atoms with Crippen LogP contribution in [0.4, 0.5) is 0 Å². The first kappa shape index (κ1) is 24.2. The molecule has 3 rings (SSSR count). The smallest absolute Gasteiger partial charge is 0.264 e. The van der Waals surface area contributed by atoms with Gasteiger partial charge in [0.05, 0.1) is 11.4 Å². The van der Waals surface area contributed by atoms with Crippen molar-refractivity contribution in [3.63, 3.8) is 0 Å². The third kappa shape index (κ3) is 7.02. The van der Waals surface area contributed by atoms with Crippen molar-refractivity contribution in [2.75, 3.05) is 26.3 Å². The molecule has 0 fully saturated rings. The van der Waals surface area contributed by atoms with Gasteiger partial charge in [-0.2, -0.15) is 0 Å². The van der Waals surface area contributed by atoms with E-state index in [0.29, 0.717) is 44.1 Å². The van der Waals surface area contributed by atoms with E-state index in [0.717, 1.165) is 5.56 Å². The molecule has 7 heteroatoms. The summed E-state index contributed by atoms with van der Waals surface area (Å²) in [6.45, 7) is 6.82. The van der Waals surface area contributed by atoms with Crippen LogP contribution in [0.15, 0.2) is 59.3 Å². The zero-order chi connectivity index (χ0) is 22.8. The number of nitrogens with zero attached hydrogens (tertiary/aromatic N) is 2. The molecule has 0 radical (unpaired) electrons. The summed E-state index contributed by atoms with van der Waals surface area (Å²) in [5.41, 5.74) is 2.26. The number of carbonyl (C=O) groups is 2. The minimum Gasteiger partial charge on any atom is -0.382 e. The highest BCUT2D eigenvalue weighted by molar-refractivity contribution is 7.12. The SMILES string of the molecule is CCOCCCN(CC(=O)N(Cc1ccccc1)Cc1sccc1C)C(=O)c1cccs1. The molecule has 0 bridgehead atoms. The van der Waals surface area contributed by atoms with Gasteiger partial charge >= 0.3 is 0 Å². The maximum atomic E-state index is 13.5. The van der Waals surface area contributed by atoms with E-state index in [4.69, 9.17) is 4.74 Å². The number of thiophene rings is 2. The number of aryl methyl sites for hydroxylation is 1. The van der Waals surface area contributed by atoms with Crippen LogP contribution in [0.2, 0.25) is 0 Å². The fourth-order valence-electron chi connectivity index (χ4n) is 3.35. The Hall–Kier alpha value is -2.48. The predicted molar refractivity (Wildman–Crippen MR) is 131 cm³/mol. The van der Waals surface area contributed by atoms with Crippen LogP contribution in [0.25, 0.3) is 0 Å². The second-order valence-corrected chi connectivity index (χ2v) is 9.47. The van der Waals surface area contributed by atoms with Gasteiger partial charge in [0, 0.05) is 31.2 Å². The van der Waals surface area contributed by atoms with Crippen LogP contribution in [0.3, 0.4) is 0 Å². The molecule has 2 amide bonds. The predicted octanol–water partition coefficient (Wildman–Crippen LogP) is 5.22. The summed E-state index contributed by atoms with van der Waals surface area (Å²) >= 11 is 3.06. The zero-order valence-electron chi connectivity index (χ0n) is 18.7. The second-order valence-electron chi connectivity index (χ2n) is 7.52. The minimum absolute atomic E-state index is 0.0528. The molecule has 2 heterocycles. The van der Waals surface area contributed by atoms with E-state index in [-0.39, 0.29) is 18.4 Å². The van der Waals surface area contributed by atoms with Crippen molar-refractivity contribution in [2.45, 2.75) is 33.4 Å². The van der Waals surface area contributed by atoms with E-state index in [1.54, 1.807) is 16.2 Å². The van der Waals surface area contributed by atoms with Gasteiger partial charge < -0.3 is 14.5 Å². The molecule has 3 aromatic rings. The molecule has 0 atom stereocenters. The summed E-state index contributed by atoms with van der Waals surface area (Å²) in [6, 6.07) is 15.7. The van der Waals surface area contributed by atoms with Gasteiger partial charge in [-0.25, -0.2) is 0 Å². The van der Waals surface area contributed by atoms with Crippen LogP contribution < -0.4 is 0 Å². The molecule has 0 aliphatic heterocycles. The Balaban J connectivity index is 1.76. The second kappa shape index (κ2) is 12.5. The molecule has 0 aliphatic carbocycles. The quantitative estimate of drug-likeness (QED) is 0.341. The Kier molecular flexibility index (Phi) is 9.46. The Morgan fingerprint density at radius 3 is 2.41 bits per heavy atom. The molecule has 0 saturated carbocycles. The Bertz CT molecular complexity index is 970. The van der Waals surface area contributed by atoms with Gasteiger partial charge in [-0.15, -0.1) is 22.7 Å². The van der Waals surface area contributed by atoms with Gasteiger partial charge in [0.15, 0.2) is 0 Å². The van der Waals surface area contributed by atoms with Crippen LogP contribution in [-0.4, -0.2) is 47.9 Å². The number of rotatable bonds is 12. The summed E-state index contributed by atoms with van der Waals surface area (Å²) in [7, 11) is 0. The summed E-state index contributed by atoms with van der Waals surface area (Å²) in [6.07, 6.45) is 0.695. The lowest BCUT2D eigenvalue weighted by Gasteiger charge is -2.28. The van der Waals surface area contributed by atoms with Crippen molar-refractivity contribution in [3.05, 3.63) is 80.2 Å². The third-order valence-electron chi connectivity index (χ3n) is 5.14. The van der Waals surface area contributed by atoms with E-state index in [2.05, 4.69) is 18.4 Å². The molecule has 0 aliphatic rings. The highest BCUT2D eigenvalue weighted by atomic mass is 32.1. The highest BCUT2D eigenvalue weighted by Gasteiger charge is 2.23. The van der Waals surface area contributed by atoms with Crippen molar-refractivity contribution in [3.8, 4) is 0 Å². The number of hydrogen-bond acceptors (Lipinski definition) is 5. The van der Waals surface area contributed by atoms with Crippen LogP contribution in [0.5, 0.6) is 0 Å². The lowest BCUT2D eigenvalue weighted by molar-refractivity contribution is -0.133. The van der Waals surface area contributed by atoms with E-state index < -0.39 is 0 Å². The van der Waals surface area contributed by atoms with Crippen molar-refractivity contribution >= 4 is 34.5 Å². The first-order chi connectivity index (χ1) is 15.6. The van der Waals surface area contributed by atoms with Crippen molar-refractivity contribution in [1.82, 2.24) is 9.80 Å². The molecule has 5 nitrogen and oxygen atoms in total. The molecular weight excluding hydrogens is 440 g/mol. The molecule has 0 unspecified atom stereocenters. The van der Waals surface area contributed by atoms with Gasteiger partial charge in [-0.1, -0.05) is 36.4 Å². The lowest BCUT2D eigenvalue weighted by Crippen LogP contribution is -2.43. The summed E-state index contributed by atoms with van der Waals surface area (Å²) in [5, 5.41) is 3.94. The summed E-state index contributed by atoms with van der Waals surface area (Å²) in [4.78, 5) is 31.9. The van der Waals surface area contributed by atoms with Crippen molar-refractivity contribution in [1.29, 1.82) is 0 Å². The maximum absolute atomic E-state index is 13.5. The number of carbonyl (C=O) groups excluding carboxylic acids is 2. The lowest BCUT2D eigenvalue weighted by atomic mass is 10.2. The van der Waals surface area contributed by atoms with Gasteiger partial charge in [-0.3, -0.25) is 9.59 Å². The Morgan fingerprint density at radius 2 is 1.75 bits per heavy atom. The van der Waals surface area contributed by atoms with Gasteiger partial charge in [0.1, 0.15) is 6.54 Å². The van der Waals surface area contributed by atoms with Crippen LogP contribution >= 0.6 is 22.7 Å². The molecule has 0 N–H and O–H groups in total. The van der Waals surface area contributed by atoms with Gasteiger partial charge in [0.25, 0.3) is 5.91 Å². The molecule has 32 heavy (non-hydrogen) atoms. The largest absolute Gasteiger partial charge is 0.382 e. The first-order valence-corrected chi connectivity index (χ1v) is 12.6. The standard InChI is InChI=1S/C25H30N2O3S2/c1-3-30-14-8-13-26(25(29)22-11-7-15-31-22)19-24(28)27(17-21-9-5-4-6-10-21)18-23-20(2)12-16-32-23/h4-7,9-12,15-16H,3,8,13-14,17-19H2,1-2H3. The molecule has 0 spiro atoms. The average molecular weight is 471 g/mol. The van der Waals surface area contributed by atoms with Crippen molar-refractivity contribution < 1.29 is 14.3 Å². The van der Waals surface area contributed by atoms with E-state index in [9.17, 15) is 9.59 Å². The molecule has 170 valence electrons. The van der Waals surface area contributed by atoms with E-state index in [1.807, 2.05) is 59.7 Å². The van der Waals surface area contributed by atoms with Crippen LogP contribution in [0, 0.1) is 6.92 Å². The normalized spacial score (nSPS) is 10.8. The topological polar surface area (TPSA) is 49.9 Å². The molecule has 1 aromatic carbocycles. The third-order valence-corrected chi connectivity index (χ3v) is 7.00. The van der Waals surface area contributed by atoms with Crippen LogP contribution in [0.1, 0.15) is 39.0 Å². The van der Waals surface area contributed by atoms with Gasteiger partial charge in [-0.05, 0) is 54.3 Å². The number of amides is 2. The van der Waals surface area contributed by atoms with E-state index in [1.165, 1.54) is 21.8 Å². The average Bonchev–Trinajstić information content (AvgIpc) is 3.48. The molecule has 0 saturated heterocycles. The summed E-state index contributed by atoms with van der Waals surface area (Å²) in [5.74, 6) is -0.153. The highest BCUT2D eigenvalue weighted by Crippen LogP contribution is 2.20. The molecular formula is C25H30N2O3S2. The Labute approximate surface area is 198 Å². The maximum Gasteiger partial charge on any atom is 0.264 e. The molecule has 2 aromatic heterocycles. The Morgan fingerprint density at radius 1 is 0.938 bits per heavy atom. The minimum atomic E-state index is -0.100. The summed E-state index contributed by atoms with van der Waals surface area (Å²) < 4.78 is 5.44. The number of hydrogen-bond donors (Lipinski definition) is 0. The van der Waals surface area contributed by atoms with Gasteiger partial charge in [0.2, 0.25) is 5.91 Å². The fraction of sp³-hybridized carbons (Fsp3) is 0.360.